The predicted molar refractivity (Wildman–Crippen MR) is 76.7 cm³/mol. The first kappa shape index (κ1) is 14.6. The van der Waals surface area contributed by atoms with Crippen molar-refractivity contribution in [2.45, 2.75) is 39.9 Å². The van der Waals surface area contributed by atoms with Gasteiger partial charge in [-0.3, -0.25) is 14.2 Å². The molecule has 20 heavy (non-hydrogen) atoms. The molecule has 0 aliphatic carbocycles. The third-order valence-corrected chi connectivity index (χ3v) is 3.37. The van der Waals surface area contributed by atoms with E-state index in [4.69, 9.17) is 11.6 Å². The fourth-order valence-corrected chi connectivity index (χ4v) is 2.26. The largest absolute Gasteiger partial charge is 0.343 e. The van der Waals surface area contributed by atoms with Crippen LogP contribution in [0.5, 0.6) is 0 Å². The van der Waals surface area contributed by atoms with Gasteiger partial charge in [0.1, 0.15) is 0 Å². The minimum Gasteiger partial charge on any atom is -0.343 e. The highest BCUT2D eigenvalue weighted by atomic mass is 35.5. The van der Waals surface area contributed by atoms with Crippen LogP contribution in [-0.2, 0) is 13.1 Å². The Morgan fingerprint density at radius 1 is 1.45 bits per heavy atom. The Kier molecular flexibility index (Phi) is 4.44. The van der Waals surface area contributed by atoms with Crippen LogP contribution >= 0.6 is 11.6 Å². The number of hydrogen-bond donors (Lipinski definition) is 1. The van der Waals surface area contributed by atoms with E-state index in [-0.39, 0.29) is 17.6 Å². The van der Waals surface area contributed by atoms with E-state index in [0.717, 1.165) is 12.2 Å². The maximum Gasteiger partial charge on any atom is 0.273 e. The molecule has 0 aromatic carbocycles. The molecule has 2 aromatic rings. The summed E-state index contributed by atoms with van der Waals surface area (Å²) in [6, 6.07) is 1.73. The Balaban J connectivity index is 2.13. The third-order valence-electron chi connectivity index (χ3n) is 3.10. The number of carbonyl (C=O) groups is 1. The number of hydrogen-bond acceptors (Lipinski definition) is 3. The summed E-state index contributed by atoms with van der Waals surface area (Å²) in [5.74, 6) is -0.279. The van der Waals surface area contributed by atoms with Crippen LogP contribution in [0.3, 0.4) is 0 Å². The van der Waals surface area contributed by atoms with Crippen LogP contribution in [0.25, 0.3) is 0 Å². The van der Waals surface area contributed by atoms with Crippen LogP contribution in [0, 0.1) is 0 Å². The molecule has 1 N–H and O–H groups in total. The Hall–Kier alpha value is -1.82. The summed E-state index contributed by atoms with van der Waals surface area (Å²) < 4.78 is 3.48. The van der Waals surface area contributed by atoms with Gasteiger partial charge in [0.25, 0.3) is 5.91 Å². The number of nitrogens with zero attached hydrogens (tertiary/aromatic N) is 4. The molecule has 0 fully saturated rings. The monoisotopic (exact) mass is 295 g/mol. The van der Waals surface area contributed by atoms with Crippen LogP contribution in [0.2, 0.25) is 5.02 Å². The summed E-state index contributed by atoms with van der Waals surface area (Å²) >= 11 is 6.02. The molecule has 0 aliphatic rings. The van der Waals surface area contributed by atoms with Gasteiger partial charge >= 0.3 is 0 Å². The normalized spacial score (nSPS) is 12.4. The number of amides is 1. The maximum atomic E-state index is 12.2. The Morgan fingerprint density at radius 2 is 2.20 bits per heavy atom. The molecule has 1 amide bonds. The van der Waals surface area contributed by atoms with Gasteiger partial charge in [0.2, 0.25) is 0 Å². The summed E-state index contributed by atoms with van der Waals surface area (Å²) in [5, 5.41) is 11.6. The van der Waals surface area contributed by atoms with Crippen LogP contribution in [0.4, 0.5) is 0 Å². The molecular formula is C13H18ClN5O. The van der Waals surface area contributed by atoms with Crippen molar-refractivity contribution in [2.75, 3.05) is 0 Å². The second-order valence-corrected chi connectivity index (χ2v) is 4.86. The fourth-order valence-electron chi connectivity index (χ4n) is 2.03. The lowest BCUT2D eigenvalue weighted by Crippen LogP contribution is -2.29. The minimum atomic E-state index is -0.279. The molecule has 0 spiro atoms. The molecule has 0 saturated carbocycles. The standard InChI is InChI=1S/C13H18ClN5O/c1-4-18-8-10(14)12(17-18)13(20)16-9(3)11-6-7-15-19(11)5-2/h6-9H,4-5H2,1-3H3,(H,16,20). The molecule has 2 rings (SSSR count). The average molecular weight is 296 g/mol. The summed E-state index contributed by atoms with van der Waals surface area (Å²) in [7, 11) is 0. The van der Waals surface area contributed by atoms with Crippen molar-refractivity contribution in [1.29, 1.82) is 0 Å². The quantitative estimate of drug-likeness (QED) is 0.920. The highest BCUT2D eigenvalue weighted by Gasteiger charge is 2.19. The number of nitrogens with one attached hydrogen (secondary N) is 1. The Labute approximate surface area is 122 Å². The summed E-state index contributed by atoms with van der Waals surface area (Å²) in [4.78, 5) is 12.2. The van der Waals surface area contributed by atoms with Crippen molar-refractivity contribution in [3.05, 3.63) is 34.9 Å². The second-order valence-electron chi connectivity index (χ2n) is 4.45. The predicted octanol–water partition coefficient (Wildman–Crippen LogP) is 2.26. The van der Waals surface area contributed by atoms with Crippen LogP contribution in [-0.4, -0.2) is 25.5 Å². The minimum absolute atomic E-state index is 0.159. The molecule has 1 atom stereocenters. The smallest absolute Gasteiger partial charge is 0.273 e. The lowest BCUT2D eigenvalue weighted by Gasteiger charge is -2.14. The lowest BCUT2D eigenvalue weighted by atomic mass is 10.2. The van der Waals surface area contributed by atoms with Crippen molar-refractivity contribution >= 4 is 17.5 Å². The van der Waals surface area contributed by atoms with E-state index in [0.29, 0.717) is 11.6 Å². The summed E-state index contributed by atoms with van der Waals surface area (Å²) in [6.07, 6.45) is 3.37. The molecule has 0 bridgehead atoms. The first-order valence-corrected chi connectivity index (χ1v) is 7.00. The number of rotatable bonds is 5. The van der Waals surface area contributed by atoms with Gasteiger partial charge in [0, 0.05) is 25.5 Å². The van der Waals surface area contributed by atoms with E-state index in [2.05, 4.69) is 15.5 Å². The molecule has 7 heteroatoms. The molecule has 6 nitrogen and oxygen atoms in total. The first-order valence-electron chi connectivity index (χ1n) is 6.62. The van der Waals surface area contributed by atoms with E-state index >= 15 is 0 Å². The van der Waals surface area contributed by atoms with Crippen LogP contribution < -0.4 is 5.32 Å². The van der Waals surface area contributed by atoms with Crippen molar-refractivity contribution in [2.24, 2.45) is 0 Å². The number of aromatic nitrogens is 4. The van der Waals surface area contributed by atoms with E-state index in [1.54, 1.807) is 17.1 Å². The Bertz CT molecular complexity index is 604. The molecular weight excluding hydrogens is 278 g/mol. The zero-order valence-corrected chi connectivity index (χ0v) is 12.6. The molecule has 1 unspecified atom stereocenters. The second kappa shape index (κ2) is 6.09. The van der Waals surface area contributed by atoms with Gasteiger partial charge < -0.3 is 5.32 Å². The van der Waals surface area contributed by atoms with E-state index < -0.39 is 0 Å². The van der Waals surface area contributed by atoms with Crippen molar-refractivity contribution in [1.82, 2.24) is 24.9 Å². The first-order chi connectivity index (χ1) is 9.56. The SMILES string of the molecule is CCn1cc(Cl)c(C(=O)NC(C)c2ccnn2CC)n1. The highest BCUT2D eigenvalue weighted by molar-refractivity contribution is 6.33. The van der Waals surface area contributed by atoms with E-state index in [1.807, 2.05) is 31.5 Å². The number of halogens is 1. The maximum absolute atomic E-state index is 12.2. The number of aryl methyl sites for hydroxylation is 2. The average Bonchev–Trinajstić information content (AvgIpc) is 3.04. The fraction of sp³-hybridized carbons (Fsp3) is 0.462. The van der Waals surface area contributed by atoms with E-state index in [1.165, 1.54) is 0 Å². The molecule has 0 aliphatic heterocycles. The molecule has 2 aromatic heterocycles. The third kappa shape index (κ3) is 2.85. The lowest BCUT2D eigenvalue weighted by molar-refractivity contribution is 0.0932. The van der Waals surface area contributed by atoms with Gasteiger partial charge in [-0.1, -0.05) is 11.6 Å². The molecule has 0 saturated heterocycles. The van der Waals surface area contributed by atoms with Gasteiger partial charge in [-0.05, 0) is 26.8 Å². The zero-order chi connectivity index (χ0) is 14.7. The number of carbonyl (C=O) groups excluding carboxylic acids is 1. The summed E-state index contributed by atoms with van der Waals surface area (Å²) in [6.45, 7) is 7.28. The Morgan fingerprint density at radius 3 is 2.80 bits per heavy atom. The van der Waals surface area contributed by atoms with Gasteiger partial charge in [-0.15, -0.1) is 0 Å². The van der Waals surface area contributed by atoms with Crippen molar-refractivity contribution in [3.8, 4) is 0 Å². The van der Waals surface area contributed by atoms with Gasteiger partial charge in [-0.25, -0.2) is 0 Å². The molecule has 108 valence electrons. The van der Waals surface area contributed by atoms with Crippen LogP contribution in [0.1, 0.15) is 43.0 Å². The van der Waals surface area contributed by atoms with Crippen molar-refractivity contribution < 1.29 is 4.79 Å². The van der Waals surface area contributed by atoms with Gasteiger partial charge in [0.15, 0.2) is 5.69 Å². The summed E-state index contributed by atoms with van der Waals surface area (Å²) in [5.41, 5.74) is 1.20. The van der Waals surface area contributed by atoms with Crippen molar-refractivity contribution in [3.63, 3.8) is 0 Å². The highest BCUT2D eigenvalue weighted by Crippen LogP contribution is 2.16. The van der Waals surface area contributed by atoms with Gasteiger partial charge in [-0.2, -0.15) is 10.2 Å². The topological polar surface area (TPSA) is 64.7 Å². The van der Waals surface area contributed by atoms with E-state index in [9.17, 15) is 4.79 Å². The molecule has 2 heterocycles. The van der Waals surface area contributed by atoms with Crippen LogP contribution in [0.15, 0.2) is 18.5 Å². The van der Waals surface area contributed by atoms with Gasteiger partial charge in [0.05, 0.1) is 16.8 Å². The molecule has 0 radical (unpaired) electrons. The zero-order valence-electron chi connectivity index (χ0n) is 11.8.